The van der Waals surface area contributed by atoms with Gasteiger partial charge in [-0.15, -0.1) is 0 Å². The van der Waals surface area contributed by atoms with E-state index in [4.69, 9.17) is 29.5 Å². The second-order valence-electron chi connectivity index (χ2n) is 9.84. The number of hydrogen-bond donors (Lipinski definition) is 10. The highest BCUT2D eigenvalue weighted by molar-refractivity contribution is 4.90. The molecule has 0 radical (unpaired) electrons. The highest BCUT2D eigenvalue weighted by atomic mass is 16.5. The third-order valence-electron chi connectivity index (χ3n) is 7.29. The summed E-state index contributed by atoms with van der Waals surface area (Å²) in [6.45, 7) is 7.96. The molecule has 0 aliphatic carbocycles. The molecular weight excluding hydrogens is 484 g/mol. The molecule has 36 heavy (non-hydrogen) atoms. The maximum atomic E-state index is 9.48. The molecule has 0 aromatic heterocycles. The van der Waals surface area contributed by atoms with Crippen LogP contribution in [0.2, 0.25) is 0 Å². The van der Waals surface area contributed by atoms with Gasteiger partial charge in [0.05, 0.1) is 50.3 Å². The molecule has 0 aromatic carbocycles. The molecule has 3 unspecified atom stereocenters. The van der Waals surface area contributed by atoms with E-state index in [1.807, 2.05) is 27.7 Å². The Morgan fingerprint density at radius 1 is 0.389 bits per heavy atom. The topological polar surface area (TPSA) is 230 Å². The maximum absolute atomic E-state index is 9.48. The van der Waals surface area contributed by atoms with E-state index in [1.54, 1.807) is 6.92 Å². The molecule has 15 atom stereocenters. The summed E-state index contributed by atoms with van der Waals surface area (Å²) in [6.07, 6.45) is -10.0. The normalized spacial score (nSPS) is 49.2. The molecule has 0 bridgehead atoms. The Morgan fingerprint density at radius 2 is 0.667 bits per heavy atom. The first-order valence-corrected chi connectivity index (χ1v) is 12.3. The lowest BCUT2D eigenvalue weighted by molar-refractivity contribution is -0.224. The molecule has 0 spiro atoms. The molecule has 13 nitrogen and oxygen atoms in total. The Kier molecular flexibility index (Phi) is 14.1. The third-order valence-corrected chi connectivity index (χ3v) is 7.29. The molecule has 3 aliphatic heterocycles. The van der Waals surface area contributed by atoms with Gasteiger partial charge in [0.2, 0.25) is 0 Å². The van der Waals surface area contributed by atoms with Crippen molar-refractivity contribution in [3.63, 3.8) is 0 Å². The van der Waals surface area contributed by atoms with Gasteiger partial charge in [0, 0.05) is 11.8 Å². The lowest BCUT2D eigenvalue weighted by Crippen LogP contribution is -2.57. The Bertz CT molecular complexity index is 517. The van der Waals surface area contributed by atoms with Crippen molar-refractivity contribution in [3.05, 3.63) is 0 Å². The fourth-order valence-corrected chi connectivity index (χ4v) is 4.17. The van der Waals surface area contributed by atoms with Crippen LogP contribution in [0.5, 0.6) is 0 Å². The SMILES string of the molecule is CC1O[C@H](CO)[C@@H](O)[C@H](O)[C@@H]1O.CC1O[C@H](CO)[C@@H](O)[C@H](O)[C@H]1C.CC1O[C@H](CO)[C@H](O)[C@H](O)[C@H]1C. The largest absolute Gasteiger partial charge is 0.394 e. The fourth-order valence-electron chi connectivity index (χ4n) is 4.17. The first kappa shape index (κ1) is 33.5. The van der Waals surface area contributed by atoms with Crippen LogP contribution >= 0.6 is 0 Å². The third kappa shape index (κ3) is 8.24. The van der Waals surface area contributed by atoms with Crippen molar-refractivity contribution < 1.29 is 65.3 Å². The van der Waals surface area contributed by atoms with E-state index in [2.05, 4.69) is 0 Å². The van der Waals surface area contributed by atoms with Crippen LogP contribution in [0.1, 0.15) is 34.6 Å². The Balaban J connectivity index is 0.000000270. The highest BCUT2D eigenvalue weighted by Crippen LogP contribution is 2.26. The molecule has 0 saturated carbocycles. The summed E-state index contributed by atoms with van der Waals surface area (Å²) in [5.74, 6) is -0.189. The number of aliphatic hydroxyl groups is 10. The minimum Gasteiger partial charge on any atom is -0.394 e. The van der Waals surface area contributed by atoms with Gasteiger partial charge >= 0.3 is 0 Å². The van der Waals surface area contributed by atoms with Gasteiger partial charge in [-0.05, 0) is 20.8 Å². The van der Waals surface area contributed by atoms with Crippen molar-refractivity contribution >= 4 is 0 Å². The lowest BCUT2D eigenvalue weighted by Gasteiger charge is -2.39. The van der Waals surface area contributed by atoms with Gasteiger partial charge in [-0.25, -0.2) is 0 Å². The molecule has 3 heterocycles. The van der Waals surface area contributed by atoms with Gasteiger partial charge in [-0.3, -0.25) is 0 Å². The van der Waals surface area contributed by atoms with Crippen molar-refractivity contribution in [1.82, 2.24) is 0 Å². The van der Waals surface area contributed by atoms with Crippen molar-refractivity contribution in [2.45, 2.75) is 114 Å². The molecule has 3 saturated heterocycles. The summed E-state index contributed by atoms with van der Waals surface area (Å²) in [4.78, 5) is 0. The van der Waals surface area contributed by atoms with Gasteiger partial charge in [-0.1, -0.05) is 13.8 Å². The van der Waals surface area contributed by atoms with E-state index in [-0.39, 0.29) is 43.9 Å². The van der Waals surface area contributed by atoms with Crippen molar-refractivity contribution in [3.8, 4) is 0 Å². The zero-order valence-electron chi connectivity index (χ0n) is 21.5. The zero-order valence-corrected chi connectivity index (χ0v) is 21.5. The molecule has 3 aliphatic rings. The fraction of sp³-hybridized carbons (Fsp3) is 1.00. The predicted octanol–water partition coefficient (Wildman–Crippen LogP) is -3.90. The maximum Gasteiger partial charge on any atom is 0.111 e. The number of ether oxygens (including phenoxy) is 3. The van der Waals surface area contributed by atoms with Crippen LogP contribution in [0.15, 0.2) is 0 Å². The summed E-state index contributed by atoms with van der Waals surface area (Å²) < 4.78 is 15.6. The van der Waals surface area contributed by atoms with Crippen LogP contribution in [0, 0.1) is 11.8 Å². The van der Waals surface area contributed by atoms with E-state index >= 15 is 0 Å². The highest BCUT2D eigenvalue weighted by Gasteiger charge is 2.42. The smallest absolute Gasteiger partial charge is 0.111 e. The van der Waals surface area contributed by atoms with Crippen molar-refractivity contribution in [2.75, 3.05) is 19.8 Å². The Labute approximate surface area is 211 Å². The summed E-state index contributed by atoms with van der Waals surface area (Å²) in [7, 11) is 0. The molecule has 0 aromatic rings. The number of hydrogen-bond acceptors (Lipinski definition) is 13. The van der Waals surface area contributed by atoms with Crippen molar-refractivity contribution in [2.24, 2.45) is 11.8 Å². The molecule has 10 N–H and O–H groups in total. The molecular formula is C23H46O13. The van der Waals surface area contributed by atoms with E-state index in [0.29, 0.717) is 0 Å². The quantitative estimate of drug-likeness (QED) is 0.168. The average Bonchev–Trinajstić information content (AvgIpc) is 2.87. The summed E-state index contributed by atoms with van der Waals surface area (Å²) in [5.41, 5.74) is 0. The van der Waals surface area contributed by atoms with E-state index < -0.39 is 67.1 Å². The second-order valence-corrected chi connectivity index (χ2v) is 9.84. The van der Waals surface area contributed by atoms with E-state index in [9.17, 15) is 35.7 Å². The van der Waals surface area contributed by atoms with E-state index in [1.165, 1.54) is 0 Å². The second kappa shape index (κ2) is 15.2. The Hall–Kier alpha value is -0.520. The van der Waals surface area contributed by atoms with Gasteiger partial charge in [0.15, 0.2) is 0 Å². The van der Waals surface area contributed by atoms with Crippen LogP contribution in [0.4, 0.5) is 0 Å². The first-order chi connectivity index (χ1) is 16.7. The van der Waals surface area contributed by atoms with Gasteiger partial charge in [0.1, 0.15) is 48.8 Å². The molecule has 3 rings (SSSR count). The lowest BCUT2D eigenvalue weighted by atomic mass is 9.89. The van der Waals surface area contributed by atoms with Gasteiger partial charge in [-0.2, -0.15) is 0 Å². The van der Waals surface area contributed by atoms with Crippen LogP contribution in [0.25, 0.3) is 0 Å². The summed E-state index contributed by atoms with van der Waals surface area (Å²) in [5, 5.41) is 91.7. The van der Waals surface area contributed by atoms with Crippen LogP contribution in [-0.4, -0.2) is 150 Å². The number of aliphatic hydroxyl groups excluding tert-OH is 10. The van der Waals surface area contributed by atoms with Crippen LogP contribution in [0.3, 0.4) is 0 Å². The van der Waals surface area contributed by atoms with Crippen LogP contribution < -0.4 is 0 Å². The molecule has 3 fully saturated rings. The average molecular weight is 531 g/mol. The van der Waals surface area contributed by atoms with Crippen molar-refractivity contribution in [1.29, 1.82) is 0 Å². The van der Waals surface area contributed by atoms with Gasteiger partial charge < -0.3 is 65.3 Å². The minimum atomic E-state index is -1.24. The summed E-state index contributed by atoms with van der Waals surface area (Å²) >= 11 is 0. The number of rotatable bonds is 3. The predicted molar refractivity (Wildman–Crippen MR) is 125 cm³/mol. The zero-order chi connectivity index (χ0) is 27.9. The summed E-state index contributed by atoms with van der Waals surface area (Å²) in [6, 6.07) is 0. The standard InChI is InChI=1S/2C8H16O4.C7H14O5/c2*1-4-5(2)12-6(3-9)8(11)7(4)10;1-3-5(9)7(11)6(10)4(2-8)12-3/h2*4-11H,3H2,1-2H3;3-11H,2H2,1H3/t4-,5?,6+,7+,8+;4-,5?,6+,7+,8-;3?,4-,5-,6-,7-/m001/s1. The molecule has 0 amide bonds. The minimum absolute atomic E-state index is 0.0946. The monoisotopic (exact) mass is 530 g/mol. The van der Waals surface area contributed by atoms with E-state index in [0.717, 1.165) is 0 Å². The van der Waals surface area contributed by atoms with Gasteiger partial charge in [0.25, 0.3) is 0 Å². The Morgan fingerprint density at radius 3 is 0.972 bits per heavy atom. The molecule has 216 valence electrons. The molecule has 13 heteroatoms. The van der Waals surface area contributed by atoms with Crippen LogP contribution in [-0.2, 0) is 14.2 Å². The first-order valence-electron chi connectivity index (χ1n) is 12.3.